The minimum atomic E-state index is 0.0731. The van der Waals surface area contributed by atoms with Crippen molar-refractivity contribution in [3.63, 3.8) is 0 Å². The van der Waals surface area contributed by atoms with Gasteiger partial charge in [-0.2, -0.15) is 10.2 Å². The number of aromatic nitrogens is 4. The third-order valence-electron chi connectivity index (χ3n) is 4.75. The number of rotatable bonds is 3. The summed E-state index contributed by atoms with van der Waals surface area (Å²) in [6, 6.07) is 10.7. The second-order valence-electron chi connectivity index (χ2n) is 6.65. The van der Waals surface area contributed by atoms with Gasteiger partial charge in [-0.25, -0.2) is 0 Å². The molecule has 1 aromatic carbocycles. The molecular weight excluding hydrogens is 314 g/mol. The molecule has 2 aromatic heterocycles. The molecule has 1 unspecified atom stereocenters. The lowest BCUT2D eigenvalue weighted by Gasteiger charge is -2.35. The second-order valence-corrected chi connectivity index (χ2v) is 6.65. The van der Waals surface area contributed by atoms with Gasteiger partial charge in [-0.1, -0.05) is 24.3 Å². The summed E-state index contributed by atoms with van der Waals surface area (Å²) in [4.78, 5) is 2.39. The fourth-order valence-electron chi connectivity index (χ4n) is 3.42. The summed E-state index contributed by atoms with van der Waals surface area (Å²) in [6.45, 7) is 7.44. The number of aryl methyl sites for hydroxylation is 3. The van der Waals surface area contributed by atoms with E-state index in [4.69, 9.17) is 4.42 Å². The predicted molar refractivity (Wildman–Crippen MR) is 92.7 cm³/mol. The van der Waals surface area contributed by atoms with Gasteiger partial charge in [-0.05, 0) is 43.0 Å². The summed E-state index contributed by atoms with van der Waals surface area (Å²) in [6.07, 6.45) is 0.869. The van der Waals surface area contributed by atoms with Crippen LogP contribution in [-0.2, 0) is 19.5 Å². The molecule has 3 heterocycles. The molecule has 6 nitrogen and oxygen atoms in total. The molecule has 1 atom stereocenters. The van der Waals surface area contributed by atoms with E-state index in [9.17, 15) is 0 Å². The van der Waals surface area contributed by atoms with Crippen molar-refractivity contribution in [3.05, 3.63) is 70.2 Å². The van der Waals surface area contributed by atoms with E-state index < -0.39 is 0 Å². The van der Waals surface area contributed by atoms with Crippen molar-refractivity contribution < 1.29 is 4.42 Å². The standard InChI is InChI=1S/C19H21N5O/c1-12-8-17(13(2)21-20-12)11-24-10-16-7-5-4-6-15(16)9-18(24)19-23-22-14(3)25-19/h4-8,18H,9-11H2,1-3H3. The molecule has 6 heteroatoms. The van der Waals surface area contributed by atoms with E-state index in [1.807, 2.05) is 20.8 Å². The molecule has 0 bridgehead atoms. The van der Waals surface area contributed by atoms with Crippen molar-refractivity contribution in [2.75, 3.05) is 0 Å². The molecule has 25 heavy (non-hydrogen) atoms. The van der Waals surface area contributed by atoms with Gasteiger partial charge in [0.1, 0.15) is 0 Å². The monoisotopic (exact) mass is 335 g/mol. The zero-order valence-corrected chi connectivity index (χ0v) is 14.7. The Balaban J connectivity index is 1.70. The lowest BCUT2D eigenvalue weighted by Crippen LogP contribution is -2.34. The minimum Gasteiger partial charge on any atom is -0.424 e. The summed E-state index contributed by atoms with van der Waals surface area (Å²) < 4.78 is 5.77. The number of nitrogens with zero attached hydrogens (tertiary/aromatic N) is 5. The molecule has 0 radical (unpaired) electrons. The van der Waals surface area contributed by atoms with Crippen LogP contribution in [0.3, 0.4) is 0 Å². The molecule has 1 aliphatic heterocycles. The first kappa shape index (κ1) is 15.9. The summed E-state index contributed by atoms with van der Waals surface area (Å²) >= 11 is 0. The summed E-state index contributed by atoms with van der Waals surface area (Å²) in [5.74, 6) is 1.29. The smallest absolute Gasteiger partial charge is 0.233 e. The van der Waals surface area contributed by atoms with Crippen molar-refractivity contribution in [2.45, 2.75) is 46.3 Å². The normalized spacial score (nSPS) is 17.5. The molecule has 0 fully saturated rings. The SMILES string of the molecule is Cc1cc(CN2Cc3ccccc3CC2c2nnc(C)o2)c(C)nn1. The van der Waals surface area contributed by atoms with Crippen LogP contribution in [0.15, 0.2) is 34.7 Å². The quantitative estimate of drug-likeness (QED) is 0.733. The van der Waals surface area contributed by atoms with Crippen molar-refractivity contribution in [3.8, 4) is 0 Å². The van der Waals surface area contributed by atoms with Gasteiger partial charge in [0.25, 0.3) is 0 Å². The number of hydrogen-bond acceptors (Lipinski definition) is 6. The maximum Gasteiger partial charge on any atom is 0.233 e. The van der Waals surface area contributed by atoms with Gasteiger partial charge in [0, 0.05) is 20.0 Å². The van der Waals surface area contributed by atoms with Crippen LogP contribution in [0.4, 0.5) is 0 Å². The van der Waals surface area contributed by atoms with Crippen molar-refractivity contribution in [1.82, 2.24) is 25.3 Å². The Morgan fingerprint density at radius 1 is 1.04 bits per heavy atom. The first-order valence-corrected chi connectivity index (χ1v) is 8.51. The van der Waals surface area contributed by atoms with Crippen LogP contribution in [0.2, 0.25) is 0 Å². The van der Waals surface area contributed by atoms with Crippen molar-refractivity contribution in [1.29, 1.82) is 0 Å². The maximum atomic E-state index is 5.77. The fraction of sp³-hybridized carbons (Fsp3) is 0.368. The van der Waals surface area contributed by atoms with E-state index in [2.05, 4.69) is 55.6 Å². The highest BCUT2D eigenvalue weighted by Gasteiger charge is 2.31. The van der Waals surface area contributed by atoms with Gasteiger partial charge in [0.15, 0.2) is 0 Å². The fourth-order valence-corrected chi connectivity index (χ4v) is 3.42. The Labute approximate surface area is 146 Å². The minimum absolute atomic E-state index is 0.0731. The Bertz CT molecular complexity index is 904. The number of hydrogen-bond donors (Lipinski definition) is 0. The molecular formula is C19H21N5O. The van der Waals surface area contributed by atoms with Crippen LogP contribution >= 0.6 is 0 Å². The van der Waals surface area contributed by atoms with E-state index in [1.165, 1.54) is 16.7 Å². The number of fused-ring (bicyclic) bond motifs is 1. The molecule has 0 saturated heterocycles. The van der Waals surface area contributed by atoms with Crippen LogP contribution in [0, 0.1) is 20.8 Å². The first-order chi connectivity index (χ1) is 12.1. The first-order valence-electron chi connectivity index (χ1n) is 8.51. The molecule has 1 aliphatic rings. The average molecular weight is 335 g/mol. The van der Waals surface area contributed by atoms with Crippen molar-refractivity contribution in [2.24, 2.45) is 0 Å². The molecule has 0 aliphatic carbocycles. The summed E-state index contributed by atoms with van der Waals surface area (Å²) in [5.41, 5.74) is 5.79. The average Bonchev–Trinajstić information content (AvgIpc) is 3.04. The maximum absolute atomic E-state index is 5.77. The summed E-state index contributed by atoms with van der Waals surface area (Å²) in [5, 5.41) is 16.7. The Hall–Kier alpha value is -2.60. The van der Waals surface area contributed by atoms with Gasteiger partial charge >= 0.3 is 0 Å². The van der Waals surface area contributed by atoms with Gasteiger partial charge in [-0.15, -0.1) is 10.2 Å². The van der Waals surface area contributed by atoms with E-state index >= 15 is 0 Å². The molecule has 3 aromatic rings. The molecule has 0 spiro atoms. The van der Waals surface area contributed by atoms with Crippen LogP contribution < -0.4 is 0 Å². The van der Waals surface area contributed by atoms with Gasteiger partial charge in [0.05, 0.1) is 17.4 Å². The molecule has 128 valence electrons. The van der Waals surface area contributed by atoms with E-state index in [1.54, 1.807) is 0 Å². The third-order valence-corrected chi connectivity index (χ3v) is 4.75. The van der Waals surface area contributed by atoms with Crippen molar-refractivity contribution >= 4 is 0 Å². The second kappa shape index (κ2) is 6.37. The van der Waals surface area contributed by atoms with E-state index in [0.717, 1.165) is 30.9 Å². The van der Waals surface area contributed by atoms with E-state index in [-0.39, 0.29) is 6.04 Å². The van der Waals surface area contributed by atoms with Crippen LogP contribution in [0.5, 0.6) is 0 Å². The highest BCUT2D eigenvalue weighted by Crippen LogP contribution is 2.34. The molecule has 0 saturated carbocycles. The lowest BCUT2D eigenvalue weighted by molar-refractivity contribution is 0.137. The zero-order valence-electron chi connectivity index (χ0n) is 14.7. The van der Waals surface area contributed by atoms with Crippen LogP contribution in [0.1, 0.15) is 45.9 Å². The highest BCUT2D eigenvalue weighted by molar-refractivity contribution is 5.31. The van der Waals surface area contributed by atoms with Gasteiger partial charge in [-0.3, -0.25) is 4.90 Å². The lowest BCUT2D eigenvalue weighted by atomic mass is 9.93. The zero-order chi connectivity index (χ0) is 17.4. The third kappa shape index (κ3) is 3.17. The Morgan fingerprint density at radius 3 is 2.60 bits per heavy atom. The van der Waals surface area contributed by atoms with E-state index in [0.29, 0.717) is 11.8 Å². The van der Waals surface area contributed by atoms with Gasteiger partial charge in [0.2, 0.25) is 11.8 Å². The largest absolute Gasteiger partial charge is 0.424 e. The van der Waals surface area contributed by atoms with Gasteiger partial charge < -0.3 is 4.42 Å². The predicted octanol–water partition coefficient (Wildman–Crippen LogP) is 3.08. The Morgan fingerprint density at radius 2 is 1.84 bits per heavy atom. The Kier molecular flexibility index (Phi) is 4.05. The number of benzene rings is 1. The van der Waals surface area contributed by atoms with Crippen LogP contribution in [-0.4, -0.2) is 25.3 Å². The summed E-state index contributed by atoms with van der Waals surface area (Å²) in [7, 11) is 0. The van der Waals surface area contributed by atoms with Crippen LogP contribution in [0.25, 0.3) is 0 Å². The molecule has 0 amide bonds. The molecule has 0 N–H and O–H groups in total. The molecule has 4 rings (SSSR count). The topological polar surface area (TPSA) is 67.9 Å². The highest BCUT2D eigenvalue weighted by atomic mass is 16.4.